The zero-order chi connectivity index (χ0) is 15.9. The Labute approximate surface area is 134 Å². The average molecular weight is 319 g/mol. The molecule has 0 aromatic carbocycles. The lowest BCUT2D eigenvalue weighted by Crippen LogP contribution is -2.54. The van der Waals surface area contributed by atoms with Crippen LogP contribution in [0.3, 0.4) is 0 Å². The number of aromatic nitrogens is 1. The first-order valence-corrected chi connectivity index (χ1v) is 8.26. The Morgan fingerprint density at radius 3 is 2.95 bits per heavy atom. The lowest BCUT2D eigenvalue weighted by Gasteiger charge is -2.42. The molecule has 0 bridgehead atoms. The number of piperidine rings is 1. The number of likely N-dealkylation sites (tertiary alicyclic amines) is 1. The van der Waals surface area contributed by atoms with E-state index in [1.807, 2.05) is 24.0 Å². The van der Waals surface area contributed by atoms with Crippen LogP contribution in [0.5, 0.6) is 0 Å². The fraction of sp³-hybridized carbons (Fsp3) is 0.500. The monoisotopic (exact) mass is 319 g/mol. The minimum Gasteiger partial charge on any atom is -0.462 e. The number of furan rings is 1. The molecule has 0 radical (unpaired) electrons. The molecule has 3 rings (SSSR count). The summed E-state index contributed by atoms with van der Waals surface area (Å²) in [6, 6.07) is 3.81. The number of thiazole rings is 1. The molecule has 2 N–H and O–H groups in total. The van der Waals surface area contributed by atoms with Crippen molar-refractivity contribution in [1.29, 1.82) is 0 Å². The highest BCUT2D eigenvalue weighted by atomic mass is 32.1. The smallest absolute Gasteiger partial charge is 0.273 e. The molecule has 1 atom stereocenters. The third kappa shape index (κ3) is 2.68. The highest BCUT2D eigenvalue weighted by Crippen LogP contribution is 2.31. The first-order chi connectivity index (χ1) is 10.4. The Morgan fingerprint density at radius 2 is 2.32 bits per heavy atom. The van der Waals surface area contributed by atoms with Crippen molar-refractivity contribution in [2.45, 2.75) is 33.2 Å². The Bertz CT molecular complexity index is 676. The topological polar surface area (TPSA) is 72.4 Å². The molecule has 2 aromatic rings. The van der Waals surface area contributed by atoms with Crippen LogP contribution in [0.1, 0.15) is 35.6 Å². The minimum absolute atomic E-state index is 0.00784. The van der Waals surface area contributed by atoms with E-state index >= 15 is 0 Å². The van der Waals surface area contributed by atoms with Gasteiger partial charge in [0.05, 0.1) is 6.26 Å². The second kappa shape index (κ2) is 5.52. The number of carbonyl (C=O) groups excluding carboxylic acids is 1. The highest BCUT2D eigenvalue weighted by molar-refractivity contribution is 7.15. The molecule has 1 aliphatic heterocycles. The van der Waals surface area contributed by atoms with Crippen molar-refractivity contribution in [2.24, 2.45) is 11.1 Å². The van der Waals surface area contributed by atoms with Crippen molar-refractivity contribution in [3.05, 3.63) is 29.0 Å². The summed E-state index contributed by atoms with van der Waals surface area (Å²) in [6.07, 6.45) is 2.44. The van der Waals surface area contributed by atoms with Gasteiger partial charge in [0.2, 0.25) is 0 Å². The first kappa shape index (κ1) is 15.2. The maximum atomic E-state index is 12.8. The zero-order valence-corrected chi connectivity index (χ0v) is 13.9. The Morgan fingerprint density at radius 1 is 1.55 bits per heavy atom. The molecule has 22 heavy (non-hydrogen) atoms. The third-order valence-corrected chi connectivity index (χ3v) is 5.32. The summed E-state index contributed by atoms with van der Waals surface area (Å²) in [5.41, 5.74) is 6.61. The van der Waals surface area contributed by atoms with E-state index in [1.165, 1.54) is 11.3 Å². The van der Waals surface area contributed by atoms with Crippen molar-refractivity contribution in [1.82, 2.24) is 9.88 Å². The van der Waals surface area contributed by atoms with E-state index in [0.717, 1.165) is 16.3 Å². The molecule has 0 spiro atoms. The summed E-state index contributed by atoms with van der Waals surface area (Å²) in [7, 11) is 0. The van der Waals surface area contributed by atoms with E-state index in [1.54, 1.807) is 6.26 Å². The number of amides is 1. The van der Waals surface area contributed by atoms with E-state index in [9.17, 15) is 4.79 Å². The van der Waals surface area contributed by atoms with Gasteiger partial charge in [0.15, 0.2) is 10.8 Å². The van der Waals surface area contributed by atoms with Crippen LogP contribution in [0, 0.1) is 12.3 Å². The number of rotatable bonds is 2. The normalized spacial score (nSPS) is 21.1. The van der Waals surface area contributed by atoms with E-state index in [4.69, 9.17) is 10.2 Å². The largest absolute Gasteiger partial charge is 0.462 e. The lowest BCUT2D eigenvalue weighted by atomic mass is 9.79. The predicted molar refractivity (Wildman–Crippen MR) is 86.8 cm³/mol. The Kier molecular flexibility index (Phi) is 3.82. The average Bonchev–Trinajstić information content (AvgIpc) is 3.10. The summed E-state index contributed by atoms with van der Waals surface area (Å²) in [5, 5.41) is 0.749. The first-order valence-electron chi connectivity index (χ1n) is 7.44. The van der Waals surface area contributed by atoms with Gasteiger partial charge in [0, 0.05) is 24.0 Å². The third-order valence-electron chi connectivity index (χ3n) is 4.33. The quantitative estimate of drug-likeness (QED) is 0.924. The number of hydrogen-bond donors (Lipinski definition) is 1. The maximum absolute atomic E-state index is 12.8. The number of aryl methyl sites for hydroxylation is 1. The van der Waals surface area contributed by atoms with Gasteiger partial charge >= 0.3 is 0 Å². The second-order valence-corrected chi connectivity index (χ2v) is 7.71. The SMILES string of the molecule is Cc1sc(-c2ccco2)nc1C(=O)N1CCC(N)C(C)(C)C1. The van der Waals surface area contributed by atoms with Crippen LogP contribution in [0.4, 0.5) is 0 Å². The summed E-state index contributed by atoms with van der Waals surface area (Å²) < 4.78 is 5.37. The standard InChI is InChI=1S/C16H21N3O2S/c1-10-13(18-14(22-10)11-5-4-8-21-11)15(20)19-7-6-12(17)16(2,3)9-19/h4-5,8,12H,6-7,9,17H2,1-3H3. The Balaban J connectivity index is 1.84. The molecular formula is C16H21N3O2S. The molecule has 1 unspecified atom stereocenters. The molecule has 0 saturated carbocycles. The summed E-state index contributed by atoms with van der Waals surface area (Å²) in [4.78, 5) is 20.1. The van der Waals surface area contributed by atoms with Gasteiger partial charge < -0.3 is 15.1 Å². The van der Waals surface area contributed by atoms with Crippen LogP contribution in [-0.4, -0.2) is 34.9 Å². The fourth-order valence-electron chi connectivity index (χ4n) is 2.80. The van der Waals surface area contributed by atoms with E-state index in [-0.39, 0.29) is 17.4 Å². The van der Waals surface area contributed by atoms with Crippen molar-refractivity contribution in [3.8, 4) is 10.8 Å². The molecule has 1 amide bonds. The molecule has 1 saturated heterocycles. The molecule has 3 heterocycles. The van der Waals surface area contributed by atoms with E-state index < -0.39 is 0 Å². The zero-order valence-electron chi connectivity index (χ0n) is 13.1. The van der Waals surface area contributed by atoms with Gasteiger partial charge in [0.25, 0.3) is 5.91 Å². The van der Waals surface area contributed by atoms with Crippen LogP contribution in [0.2, 0.25) is 0 Å². The number of carbonyl (C=O) groups is 1. The van der Waals surface area contributed by atoms with Gasteiger partial charge in [-0.05, 0) is 30.9 Å². The summed E-state index contributed by atoms with van der Waals surface area (Å²) >= 11 is 1.49. The molecule has 118 valence electrons. The van der Waals surface area contributed by atoms with Crippen molar-refractivity contribution in [3.63, 3.8) is 0 Å². The summed E-state index contributed by atoms with van der Waals surface area (Å²) in [6.45, 7) is 7.51. The van der Waals surface area contributed by atoms with Gasteiger partial charge in [-0.15, -0.1) is 11.3 Å². The van der Waals surface area contributed by atoms with Crippen LogP contribution < -0.4 is 5.73 Å². The van der Waals surface area contributed by atoms with Gasteiger partial charge in [-0.3, -0.25) is 4.79 Å². The molecule has 6 heteroatoms. The van der Waals surface area contributed by atoms with Gasteiger partial charge in [-0.25, -0.2) is 4.98 Å². The van der Waals surface area contributed by atoms with Crippen molar-refractivity contribution >= 4 is 17.2 Å². The van der Waals surface area contributed by atoms with Crippen molar-refractivity contribution < 1.29 is 9.21 Å². The molecule has 1 fully saturated rings. The Hall–Kier alpha value is -1.66. The predicted octanol–water partition coefficient (Wildman–Crippen LogP) is 2.91. The number of hydrogen-bond acceptors (Lipinski definition) is 5. The lowest BCUT2D eigenvalue weighted by molar-refractivity contribution is 0.0527. The second-order valence-electron chi connectivity index (χ2n) is 6.51. The van der Waals surface area contributed by atoms with Gasteiger partial charge in [-0.2, -0.15) is 0 Å². The molecule has 5 nitrogen and oxygen atoms in total. The molecule has 0 aliphatic carbocycles. The van der Waals surface area contributed by atoms with E-state index in [2.05, 4.69) is 18.8 Å². The minimum atomic E-state index is -0.0678. The molecular weight excluding hydrogens is 298 g/mol. The van der Waals surface area contributed by atoms with Crippen LogP contribution in [-0.2, 0) is 0 Å². The van der Waals surface area contributed by atoms with E-state index in [0.29, 0.717) is 24.5 Å². The number of nitrogens with two attached hydrogens (primary N) is 1. The van der Waals surface area contributed by atoms with Crippen LogP contribution >= 0.6 is 11.3 Å². The van der Waals surface area contributed by atoms with Gasteiger partial charge in [0.1, 0.15) is 5.69 Å². The molecule has 1 aliphatic rings. The van der Waals surface area contributed by atoms with Crippen LogP contribution in [0.15, 0.2) is 22.8 Å². The van der Waals surface area contributed by atoms with Gasteiger partial charge in [-0.1, -0.05) is 13.8 Å². The maximum Gasteiger partial charge on any atom is 0.273 e. The summed E-state index contributed by atoms with van der Waals surface area (Å²) in [5.74, 6) is 0.694. The van der Waals surface area contributed by atoms with Crippen LogP contribution in [0.25, 0.3) is 10.8 Å². The fourth-order valence-corrected chi connectivity index (χ4v) is 3.67. The van der Waals surface area contributed by atoms with Crippen molar-refractivity contribution in [2.75, 3.05) is 13.1 Å². The molecule has 2 aromatic heterocycles. The highest BCUT2D eigenvalue weighted by Gasteiger charge is 2.36. The number of nitrogens with zero attached hydrogens (tertiary/aromatic N) is 2.